The van der Waals surface area contributed by atoms with E-state index in [2.05, 4.69) is 29.3 Å². The van der Waals surface area contributed by atoms with Crippen LogP contribution in [-0.4, -0.2) is 41.9 Å². The van der Waals surface area contributed by atoms with Crippen molar-refractivity contribution in [1.29, 1.82) is 0 Å². The number of ether oxygens (including phenoxy) is 2. The molecule has 0 aromatic heterocycles. The summed E-state index contributed by atoms with van der Waals surface area (Å²) in [4.78, 5) is 32.8. The molecule has 0 spiro atoms. The molecule has 2 aliphatic heterocycles. The number of methoxy groups -OCH3 is 1. The molecule has 3 aromatic rings. The van der Waals surface area contributed by atoms with Gasteiger partial charge in [-0.2, -0.15) is 4.99 Å². The Morgan fingerprint density at radius 3 is 2.28 bits per heavy atom. The molecule has 0 radical (unpaired) electrons. The number of amidine groups is 1. The van der Waals surface area contributed by atoms with Crippen LogP contribution in [0.25, 0.3) is 11.1 Å². The van der Waals surface area contributed by atoms with Crippen molar-refractivity contribution in [2.24, 2.45) is 4.99 Å². The van der Waals surface area contributed by atoms with Gasteiger partial charge >= 0.3 is 5.91 Å². The Morgan fingerprint density at radius 1 is 0.944 bits per heavy atom. The van der Waals surface area contributed by atoms with E-state index in [0.717, 1.165) is 11.1 Å². The number of carbonyl (C=O) groups excluding carboxylic acids is 2. The zero-order valence-electron chi connectivity index (χ0n) is 19.8. The minimum atomic E-state index is -1.56. The summed E-state index contributed by atoms with van der Waals surface area (Å²) in [5.41, 5.74) is 3.56. The molecule has 6 nitrogen and oxygen atoms in total. The quantitative estimate of drug-likeness (QED) is 0.443. The highest BCUT2D eigenvalue weighted by Gasteiger charge is 2.53. The Labute approximate surface area is 209 Å². The van der Waals surface area contributed by atoms with Crippen LogP contribution >= 0.6 is 0 Å². The van der Waals surface area contributed by atoms with Crippen LogP contribution in [0.3, 0.4) is 0 Å². The molecule has 1 atom stereocenters. The lowest BCUT2D eigenvalue weighted by Gasteiger charge is -2.36. The lowest BCUT2D eigenvalue weighted by Crippen LogP contribution is -2.53. The van der Waals surface area contributed by atoms with Gasteiger partial charge in [0.05, 0.1) is 20.1 Å². The number of fused-ring (bicyclic) bond motifs is 4. The highest BCUT2D eigenvalue weighted by atomic mass is 16.5. The molecule has 178 valence electrons. The van der Waals surface area contributed by atoms with E-state index in [4.69, 9.17) is 9.47 Å². The summed E-state index contributed by atoms with van der Waals surface area (Å²) < 4.78 is 11.7. The molecule has 1 amide bonds. The highest BCUT2D eigenvalue weighted by molar-refractivity contribution is 6.13. The summed E-state index contributed by atoms with van der Waals surface area (Å²) in [6.07, 6.45) is 6.96. The molecule has 1 aliphatic carbocycles. The largest absolute Gasteiger partial charge is 0.497 e. The van der Waals surface area contributed by atoms with Crippen LogP contribution in [-0.2, 0) is 9.53 Å². The first kappa shape index (κ1) is 22.2. The number of ketones is 1. The number of Topliss-reactive ketones (excluding diaryl/α,β-unsaturated/α-hetero) is 1. The van der Waals surface area contributed by atoms with Crippen molar-refractivity contribution in [3.63, 3.8) is 0 Å². The molecular formula is C30H24N2O4. The second-order valence-electron chi connectivity index (χ2n) is 9.00. The van der Waals surface area contributed by atoms with Crippen molar-refractivity contribution in [1.82, 2.24) is 4.90 Å². The lowest BCUT2D eigenvalue weighted by molar-refractivity contribution is -0.156. The summed E-state index contributed by atoms with van der Waals surface area (Å²) in [7, 11) is 1.57. The summed E-state index contributed by atoms with van der Waals surface area (Å²) in [5, 5.41) is 0. The molecule has 6 heteroatoms. The maximum Gasteiger partial charge on any atom is 0.302 e. The fraction of sp³-hybridized carbons (Fsp3) is 0.167. The predicted molar refractivity (Wildman–Crippen MR) is 137 cm³/mol. The average Bonchev–Trinajstić information content (AvgIpc) is 3.39. The van der Waals surface area contributed by atoms with Crippen LogP contribution in [0.5, 0.6) is 5.75 Å². The van der Waals surface area contributed by atoms with Crippen LogP contribution in [0.1, 0.15) is 33.8 Å². The van der Waals surface area contributed by atoms with Gasteiger partial charge in [-0.1, -0.05) is 54.6 Å². The second kappa shape index (κ2) is 8.73. The van der Waals surface area contributed by atoms with Gasteiger partial charge in [-0.25, -0.2) is 0 Å². The van der Waals surface area contributed by atoms with Gasteiger partial charge in [0, 0.05) is 17.7 Å². The third-order valence-corrected chi connectivity index (χ3v) is 7.04. The molecule has 0 saturated carbocycles. The fourth-order valence-electron chi connectivity index (χ4n) is 5.23. The predicted octanol–water partition coefficient (Wildman–Crippen LogP) is 5.12. The van der Waals surface area contributed by atoms with E-state index in [-0.39, 0.29) is 24.7 Å². The molecule has 6 rings (SSSR count). The molecular weight excluding hydrogens is 452 g/mol. The van der Waals surface area contributed by atoms with Crippen molar-refractivity contribution in [2.45, 2.75) is 18.1 Å². The number of allylic oxidation sites excluding steroid dienone is 2. The van der Waals surface area contributed by atoms with Gasteiger partial charge in [0.1, 0.15) is 11.6 Å². The van der Waals surface area contributed by atoms with Crippen LogP contribution in [0.4, 0.5) is 0 Å². The maximum absolute atomic E-state index is 13.4. The Morgan fingerprint density at radius 2 is 1.61 bits per heavy atom. The summed E-state index contributed by atoms with van der Waals surface area (Å²) in [6, 6.07) is 23.4. The SMILES string of the molecule is COc1ccc(C(=O)CC2(OCC3c4ccccc4-c4ccccc43)C(=O)N=C3C=CC=CN32)cc1. The molecule has 1 unspecified atom stereocenters. The van der Waals surface area contributed by atoms with Crippen molar-refractivity contribution < 1.29 is 19.1 Å². The summed E-state index contributed by atoms with van der Waals surface area (Å²) >= 11 is 0. The van der Waals surface area contributed by atoms with Gasteiger partial charge in [-0.15, -0.1) is 0 Å². The molecule has 2 heterocycles. The zero-order valence-corrected chi connectivity index (χ0v) is 19.8. The van der Waals surface area contributed by atoms with Crippen molar-refractivity contribution in [3.8, 4) is 16.9 Å². The van der Waals surface area contributed by atoms with Gasteiger partial charge in [-0.3, -0.25) is 14.5 Å². The van der Waals surface area contributed by atoms with Gasteiger partial charge in [0.25, 0.3) is 0 Å². The number of nitrogens with zero attached hydrogens (tertiary/aromatic N) is 2. The number of benzene rings is 3. The second-order valence-corrected chi connectivity index (χ2v) is 9.00. The number of amides is 1. The third-order valence-electron chi connectivity index (χ3n) is 7.04. The lowest BCUT2D eigenvalue weighted by atomic mass is 9.96. The average molecular weight is 477 g/mol. The maximum atomic E-state index is 13.4. The molecule has 36 heavy (non-hydrogen) atoms. The molecule has 0 N–H and O–H groups in total. The first-order chi connectivity index (χ1) is 17.6. The number of aliphatic imine (C=N–C) groups is 1. The minimum absolute atomic E-state index is 0.0634. The topological polar surface area (TPSA) is 68.2 Å². The number of rotatable bonds is 7. The first-order valence-corrected chi connectivity index (χ1v) is 11.9. The monoisotopic (exact) mass is 476 g/mol. The fourth-order valence-corrected chi connectivity index (χ4v) is 5.23. The van der Waals surface area contributed by atoms with Crippen LogP contribution in [0.15, 0.2) is 102 Å². The normalized spacial score (nSPS) is 19.6. The molecule has 3 aromatic carbocycles. The molecule has 0 fully saturated rings. The molecule has 0 saturated heterocycles. The van der Waals surface area contributed by atoms with E-state index in [1.54, 1.807) is 48.6 Å². The van der Waals surface area contributed by atoms with Crippen molar-refractivity contribution in [3.05, 3.63) is 114 Å². The van der Waals surface area contributed by atoms with Crippen molar-refractivity contribution in [2.75, 3.05) is 13.7 Å². The number of hydrogen-bond acceptors (Lipinski definition) is 5. The van der Waals surface area contributed by atoms with Crippen LogP contribution < -0.4 is 4.74 Å². The Kier molecular flexibility index (Phi) is 5.38. The highest BCUT2D eigenvalue weighted by Crippen LogP contribution is 2.46. The van der Waals surface area contributed by atoms with Gasteiger partial charge < -0.3 is 9.47 Å². The zero-order chi connectivity index (χ0) is 24.7. The van der Waals surface area contributed by atoms with Gasteiger partial charge in [0.2, 0.25) is 5.72 Å². The van der Waals surface area contributed by atoms with E-state index in [1.165, 1.54) is 11.1 Å². The minimum Gasteiger partial charge on any atom is -0.497 e. The molecule has 3 aliphatic rings. The first-order valence-electron chi connectivity index (χ1n) is 11.9. The third kappa shape index (κ3) is 3.49. The van der Waals surface area contributed by atoms with E-state index in [9.17, 15) is 9.59 Å². The van der Waals surface area contributed by atoms with Crippen LogP contribution in [0, 0.1) is 0 Å². The van der Waals surface area contributed by atoms with Crippen LogP contribution in [0.2, 0.25) is 0 Å². The Hall–Kier alpha value is -4.29. The van der Waals surface area contributed by atoms with E-state index in [1.807, 2.05) is 36.4 Å². The Bertz CT molecular complexity index is 1410. The van der Waals surface area contributed by atoms with Gasteiger partial charge in [0.15, 0.2) is 5.78 Å². The van der Waals surface area contributed by atoms with E-state index in [0.29, 0.717) is 17.1 Å². The summed E-state index contributed by atoms with van der Waals surface area (Å²) in [6.45, 7) is 0.229. The number of carbonyl (C=O) groups is 2. The smallest absolute Gasteiger partial charge is 0.302 e. The Balaban J connectivity index is 1.34. The van der Waals surface area contributed by atoms with E-state index < -0.39 is 11.6 Å². The van der Waals surface area contributed by atoms with Crippen molar-refractivity contribution >= 4 is 17.5 Å². The van der Waals surface area contributed by atoms with Gasteiger partial charge in [-0.05, 0) is 58.7 Å². The number of hydrogen-bond donors (Lipinski definition) is 0. The standard InChI is InChI=1S/C30H24N2O4/c1-35-21-15-13-20(14-16-21)27(33)18-30(29(34)31-28-12-6-7-17-32(28)30)36-19-26-24-10-4-2-8-22(24)23-9-3-5-11-25(23)26/h2-17,26H,18-19H2,1H3. The molecule has 0 bridgehead atoms. The van der Waals surface area contributed by atoms with E-state index >= 15 is 0 Å². The summed E-state index contributed by atoms with van der Waals surface area (Å²) in [5.74, 6) is 0.374.